The van der Waals surface area contributed by atoms with Crippen LogP contribution in [0.2, 0.25) is 0 Å². The van der Waals surface area contributed by atoms with Crippen molar-refractivity contribution in [2.45, 2.75) is 20.8 Å². The van der Waals surface area contributed by atoms with Crippen molar-refractivity contribution in [2.75, 3.05) is 11.4 Å². The molecule has 0 aliphatic carbocycles. The Morgan fingerprint density at radius 3 is 2.62 bits per heavy atom. The fourth-order valence-corrected chi connectivity index (χ4v) is 1.38. The predicted molar refractivity (Wildman–Crippen MR) is 54.9 cm³/mol. The number of carbonyl (C=O) groups excluding carboxylic acids is 1. The highest BCUT2D eigenvalue weighted by molar-refractivity contribution is 5.91. The third-order valence-corrected chi connectivity index (χ3v) is 2.01. The molecule has 0 radical (unpaired) electrons. The fourth-order valence-electron chi connectivity index (χ4n) is 1.38. The van der Waals surface area contributed by atoms with Crippen LogP contribution in [-0.4, -0.2) is 12.5 Å². The lowest BCUT2D eigenvalue weighted by atomic mass is 10.2. The Bertz CT molecular complexity index is 307. The molecular formula is C11H15NO. The maximum atomic E-state index is 11.2. The first kappa shape index (κ1) is 9.78. The highest BCUT2D eigenvalue weighted by Crippen LogP contribution is 2.15. The fraction of sp³-hybridized carbons (Fsp3) is 0.364. The lowest BCUT2D eigenvalue weighted by Gasteiger charge is -2.19. The van der Waals surface area contributed by atoms with E-state index in [1.807, 2.05) is 38.1 Å². The van der Waals surface area contributed by atoms with E-state index in [4.69, 9.17) is 0 Å². The summed E-state index contributed by atoms with van der Waals surface area (Å²) in [7, 11) is 0. The Kier molecular flexibility index (Phi) is 3.07. The zero-order valence-corrected chi connectivity index (χ0v) is 8.37. The highest BCUT2D eigenvalue weighted by Gasteiger charge is 2.07. The third-order valence-electron chi connectivity index (χ3n) is 2.01. The molecule has 0 N–H and O–H groups in total. The molecule has 0 atom stereocenters. The Labute approximate surface area is 79.2 Å². The van der Waals surface area contributed by atoms with Crippen LogP contribution in [0.1, 0.15) is 19.4 Å². The van der Waals surface area contributed by atoms with E-state index >= 15 is 0 Å². The number of aryl methyl sites for hydroxylation is 1. The summed E-state index contributed by atoms with van der Waals surface area (Å²) in [6.07, 6.45) is 0. The van der Waals surface area contributed by atoms with Crippen molar-refractivity contribution in [3.8, 4) is 0 Å². The molecule has 70 valence electrons. The molecule has 0 fully saturated rings. The number of hydrogen-bond donors (Lipinski definition) is 0. The molecule has 13 heavy (non-hydrogen) atoms. The number of hydrogen-bond acceptors (Lipinski definition) is 1. The quantitative estimate of drug-likeness (QED) is 0.679. The number of nitrogens with zero attached hydrogens (tertiary/aromatic N) is 1. The number of amides is 1. The van der Waals surface area contributed by atoms with Gasteiger partial charge in [0.15, 0.2) is 0 Å². The molecule has 1 amide bonds. The molecular weight excluding hydrogens is 162 g/mol. The molecule has 0 aromatic heterocycles. The molecule has 0 saturated heterocycles. The average molecular weight is 177 g/mol. The largest absolute Gasteiger partial charge is 0.313 e. The van der Waals surface area contributed by atoms with E-state index in [2.05, 4.69) is 0 Å². The maximum Gasteiger partial charge on any atom is 0.223 e. The van der Waals surface area contributed by atoms with Gasteiger partial charge >= 0.3 is 0 Å². The van der Waals surface area contributed by atoms with Crippen LogP contribution in [0.15, 0.2) is 24.3 Å². The van der Waals surface area contributed by atoms with Gasteiger partial charge in [-0.25, -0.2) is 0 Å². The minimum absolute atomic E-state index is 0.0908. The summed E-state index contributed by atoms with van der Waals surface area (Å²) in [6, 6.07) is 7.97. The van der Waals surface area contributed by atoms with Crippen LogP contribution in [0.3, 0.4) is 0 Å². The molecule has 0 heterocycles. The minimum atomic E-state index is 0.0908. The van der Waals surface area contributed by atoms with Crippen molar-refractivity contribution in [3.63, 3.8) is 0 Å². The number of benzene rings is 1. The predicted octanol–water partition coefficient (Wildman–Crippen LogP) is 2.37. The molecule has 0 aliphatic heterocycles. The van der Waals surface area contributed by atoms with Gasteiger partial charge in [0.1, 0.15) is 0 Å². The van der Waals surface area contributed by atoms with Crippen LogP contribution < -0.4 is 4.90 Å². The van der Waals surface area contributed by atoms with Gasteiger partial charge in [-0.2, -0.15) is 0 Å². The van der Waals surface area contributed by atoms with E-state index in [1.165, 1.54) is 5.56 Å². The van der Waals surface area contributed by atoms with Crippen molar-refractivity contribution >= 4 is 11.6 Å². The summed E-state index contributed by atoms with van der Waals surface area (Å²) in [5.41, 5.74) is 2.16. The molecule has 0 aliphatic rings. The maximum absolute atomic E-state index is 11.2. The number of anilines is 1. The molecule has 1 aromatic carbocycles. The Hall–Kier alpha value is -1.31. The van der Waals surface area contributed by atoms with Gasteiger partial charge in [0, 0.05) is 19.2 Å². The first-order valence-electron chi connectivity index (χ1n) is 4.50. The van der Waals surface area contributed by atoms with Crippen LogP contribution >= 0.6 is 0 Å². The molecule has 0 saturated carbocycles. The SMILES string of the molecule is CCN(C(C)=O)c1cccc(C)c1. The van der Waals surface area contributed by atoms with E-state index in [-0.39, 0.29) is 5.91 Å². The van der Waals surface area contributed by atoms with Crippen LogP contribution in [0, 0.1) is 6.92 Å². The topological polar surface area (TPSA) is 20.3 Å². The second kappa shape index (κ2) is 4.08. The van der Waals surface area contributed by atoms with Gasteiger partial charge in [0.05, 0.1) is 0 Å². The van der Waals surface area contributed by atoms with Crippen molar-refractivity contribution in [2.24, 2.45) is 0 Å². The summed E-state index contributed by atoms with van der Waals surface area (Å²) in [5.74, 6) is 0.0908. The van der Waals surface area contributed by atoms with Crippen LogP contribution in [0.5, 0.6) is 0 Å². The number of carbonyl (C=O) groups is 1. The zero-order valence-electron chi connectivity index (χ0n) is 8.37. The lowest BCUT2D eigenvalue weighted by Crippen LogP contribution is -2.27. The molecule has 0 bridgehead atoms. The van der Waals surface area contributed by atoms with E-state index in [9.17, 15) is 4.79 Å². The molecule has 2 heteroatoms. The van der Waals surface area contributed by atoms with Gasteiger partial charge in [-0.1, -0.05) is 12.1 Å². The zero-order chi connectivity index (χ0) is 9.84. The van der Waals surface area contributed by atoms with E-state index in [1.54, 1.807) is 11.8 Å². The van der Waals surface area contributed by atoms with Gasteiger partial charge in [-0.15, -0.1) is 0 Å². The number of rotatable bonds is 2. The average Bonchev–Trinajstić information content (AvgIpc) is 2.04. The monoisotopic (exact) mass is 177 g/mol. The molecule has 1 aromatic rings. The second-order valence-electron chi connectivity index (χ2n) is 3.10. The summed E-state index contributed by atoms with van der Waals surface area (Å²) in [4.78, 5) is 13.0. The van der Waals surface area contributed by atoms with Gasteiger partial charge in [0.2, 0.25) is 5.91 Å². The molecule has 0 unspecified atom stereocenters. The molecule has 1 rings (SSSR count). The standard InChI is InChI=1S/C11H15NO/c1-4-12(10(3)13)11-7-5-6-9(2)8-11/h5-8H,4H2,1-3H3. The first-order valence-corrected chi connectivity index (χ1v) is 4.50. The minimum Gasteiger partial charge on any atom is -0.313 e. The van der Waals surface area contributed by atoms with Crippen molar-refractivity contribution in [3.05, 3.63) is 29.8 Å². The Morgan fingerprint density at radius 1 is 1.46 bits per heavy atom. The van der Waals surface area contributed by atoms with Gasteiger partial charge in [-0.3, -0.25) is 4.79 Å². The third kappa shape index (κ3) is 2.31. The van der Waals surface area contributed by atoms with Gasteiger partial charge in [0.25, 0.3) is 0 Å². The highest BCUT2D eigenvalue weighted by atomic mass is 16.2. The van der Waals surface area contributed by atoms with Crippen LogP contribution in [-0.2, 0) is 4.79 Å². The summed E-state index contributed by atoms with van der Waals surface area (Å²) in [6.45, 7) is 6.31. The van der Waals surface area contributed by atoms with E-state index in [0.717, 1.165) is 12.2 Å². The van der Waals surface area contributed by atoms with E-state index < -0.39 is 0 Å². The van der Waals surface area contributed by atoms with Crippen LogP contribution in [0.25, 0.3) is 0 Å². The normalized spacial score (nSPS) is 9.77. The molecule has 2 nitrogen and oxygen atoms in total. The second-order valence-corrected chi connectivity index (χ2v) is 3.10. The van der Waals surface area contributed by atoms with Gasteiger partial charge < -0.3 is 4.90 Å². The summed E-state index contributed by atoms with van der Waals surface area (Å²) < 4.78 is 0. The van der Waals surface area contributed by atoms with Crippen molar-refractivity contribution < 1.29 is 4.79 Å². The van der Waals surface area contributed by atoms with Crippen molar-refractivity contribution in [1.29, 1.82) is 0 Å². The first-order chi connectivity index (χ1) is 6.15. The van der Waals surface area contributed by atoms with E-state index in [0.29, 0.717) is 0 Å². The van der Waals surface area contributed by atoms with Gasteiger partial charge in [-0.05, 0) is 31.5 Å². The van der Waals surface area contributed by atoms with Crippen LogP contribution in [0.4, 0.5) is 5.69 Å². The summed E-state index contributed by atoms with van der Waals surface area (Å²) in [5, 5.41) is 0. The Morgan fingerprint density at radius 2 is 2.15 bits per heavy atom. The lowest BCUT2D eigenvalue weighted by molar-refractivity contribution is -0.116. The van der Waals surface area contributed by atoms with Crippen molar-refractivity contribution in [1.82, 2.24) is 0 Å². The summed E-state index contributed by atoms with van der Waals surface area (Å²) >= 11 is 0. The smallest absolute Gasteiger partial charge is 0.223 e. The molecule has 0 spiro atoms. The Balaban J connectivity index is 2.98.